The third-order valence-electron chi connectivity index (χ3n) is 2.42. The standard InChI is InChI=1S/C12H5ClF6N2/c13-8-3-5(12(17,18)19)4-9(21-8)20-7-2-1-6(14)10(15)11(7)16/h1-4H,(H,20,21). The minimum atomic E-state index is -4.68. The van der Waals surface area contributed by atoms with Crippen LogP contribution in [-0.2, 0) is 6.18 Å². The van der Waals surface area contributed by atoms with Crippen molar-refractivity contribution in [2.75, 3.05) is 5.32 Å². The number of nitrogens with one attached hydrogen (secondary N) is 1. The van der Waals surface area contributed by atoms with Crippen LogP contribution in [-0.4, -0.2) is 4.98 Å². The van der Waals surface area contributed by atoms with E-state index in [1.807, 2.05) is 0 Å². The van der Waals surface area contributed by atoms with Gasteiger partial charge in [0, 0.05) is 0 Å². The summed E-state index contributed by atoms with van der Waals surface area (Å²) in [6.45, 7) is 0. The van der Waals surface area contributed by atoms with Crippen LogP contribution < -0.4 is 5.32 Å². The van der Waals surface area contributed by atoms with Crippen LogP contribution in [0.15, 0.2) is 24.3 Å². The Morgan fingerprint density at radius 2 is 1.67 bits per heavy atom. The Hall–Kier alpha value is -1.96. The summed E-state index contributed by atoms with van der Waals surface area (Å²) in [5.74, 6) is -5.21. The molecule has 0 aliphatic carbocycles. The van der Waals surface area contributed by atoms with E-state index in [0.29, 0.717) is 18.2 Å². The summed E-state index contributed by atoms with van der Waals surface area (Å²) in [6, 6.07) is 2.58. The van der Waals surface area contributed by atoms with Crippen LogP contribution in [0.4, 0.5) is 37.8 Å². The molecule has 9 heteroatoms. The van der Waals surface area contributed by atoms with E-state index in [1.54, 1.807) is 0 Å². The van der Waals surface area contributed by atoms with Crippen molar-refractivity contribution in [2.45, 2.75) is 6.18 Å². The van der Waals surface area contributed by atoms with Gasteiger partial charge in [0.25, 0.3) is 0 Å². The zero-order valence-corrected chi connectivity index (χ0v) is 10.7. The van der Waals surface area contributed by atoms with E-state index in [1.165, 1.54) is 0 Å². The lowest BCUT2D eigenvalue weighted by Gasteiger charge is -2.11. The van der Waals surface area contributed by atoms with E-state index in [4.69, 9.17) is 11.6 Å². The number of nitrogens with zero attached hydrogens (tertiary/aromatic N) is 1. The quantitative estimate of drug-likeness (QED) is 0.481. The second kappa shape index (κ2) is 5.44. The van der Waals surface area contributed by atoms with E-state index < -0.39 is 45.8 Å². The average molecular weight is 327 g/mol. The minimum Gasteiger partial charge on any atom is -0.338 e. The first kappa shape index (κ1) is 15.4. The molecule has 0 unspecified atom stereocenters. The lowest BCUT2D eigenvalue weighted by atomic mass is 10.2. The maximum Gasteiger partial charge on any atom is 0.416 e. The zero-order chi connectivity index (χ0) is 15.8. The molecule has 1 aromatic carbocycles. The molecule has 0 saturated carbocycles. The Morgan fingerprint density at radius 1 is 1.00 bits per heavy atom. The summed E-state index contributed by atoms with van der Waals surface area (Å²) >= 11 is 5.44. The molecule has 21 heavy (non-hydrogen) atoms. The number of pyridine rings is 1. The molecule has 1 aromatic heterocycles. The molecule has 0 atom stereocenters. The fraction of sp³-hybridized carbons (Fsp3) is 0.0833. The minimum absolute atomic E-state index is 0.459. The summed E-state index contributed by atoms with van der Waals surface area (Å²) in [5.41, 5.74) is -1.69. The molecule has 2 aromatic rings. The first-order valence-electron chi connectivity index (χ1n) is 5.34. The lowest BCUT2D eigenvalue weighted by molar-refractivity contribution is -0.137. The summed E-state index contributed by atoms with van der Waals surface area (Å²) in [6.07, 6.45) is -4.68. The van der Waals surface area contributed by atoms with Gasteiger partial charge in [0.1, 0.15) is 11.0 Å². The summed E-state index contributed by atoms with van der Waals surface area (Å²) in [4.78, 5) is 3.51. The summed E-state index contributed by atoms with van der Waals surface area (Å²) < 4.78 is 77.0. The molecule has 2 rings (SSSR count). The van der Waals surface area contributed by atoms with Crippen LogP contribution in [0.3, 0.4) is 0 Å². The first-order valence-corrected chi connectivity index (χ1v) is 5.71. The normalized spacial score (nSPS) is 11.6. The van der Waals surface area contributed by atoms with Gasteiger partial charge in [-0.15, -0.1) is 0 Å². The molecule has 1 N–H and O–H groups in total. The predicted molar refractivity (Wildman–Crippen MR) is 63.8 cm³/mol. The largest absolute Gasteiger partial charge is 0.416 e. The number of anilines is 2. The van der Waals surface area contributed by atoms with Crippen LogP contribution in [0.5, 0.6) is 0 Å². The fourth-order valence-electron chi connectivity index (χ4n) is 1.49. The van der Waals surface area contributed by atoms with Crippen LogP contribution >= 0.6 is 11.6 Å². The van der Waals surface area contributed by atoms with Crippen molar-refractivity contribution in [1.82, 2.24) is 4.98 Å². The fourth-order valence-corrected chi connectivity index (χ4v) is 1.69. The SMILES string of the molecule is Fc1ccc(Nc2cc(C(F)(F)F)cc(Cl)n2)c(F)c1F. The van der Waals surface area contributed by atoms with Gasteiger partial charge in [-0.25, -0.2) is 18.2 Å². The highest BCUT2D eigenvalue weighted by molar-refractivity contribution is 6.29. The van der Waals surface area contributed by atoms with Gasteiger partial charge in [-0.2, -0.15) is 13.2 Å². The van der Waals surface area contributed by atoms with E-state index in [2.05, 4.69) is 10.3 Å². The van der Waals surface area contributed by atoms with Gasteiger partial charge in [-0.3, -0.25) is 0 Å². The molecule has 0 bridgehead atoms. The number of aromatic nitrogens is 1. The maximum atomic E-state index is 13.4. The molecule has 0 radical (unpaired) electrons. The zero-order valence-electron chi connectivity index (χ0n) is 9.90. The third kappa shape index (κ3) is 3.38. The molecular weight excluding hydrogens is 322 g/mol. The van der Waals surface area contributed by atoms with Gasteiger partial charge in [0.05, 0.1) is 11.3 Å². The molecule has 2 nitrogen and oxygen atoms in total. The van der Waals surface area contributed by atoms with Gasteiger partial charge in [0.15, 0.2) is 17.5 Å². The van der Waals surface area contributed by atoms with Crippen molar-refractivity contribution in [3.63, 3.8) is 0 Å². The Kier molecular flexibility index (Phi) is 3.99. The molecular formula is C12H5ClF6N2. The number of rotatable bonds is 2. The molecule has 1 heterocycles. The Labute approximate surface area is 119 Å². The maximum absolute atomic E-state index is 13.4. The Morgan fingerprint density at radius 3 is 2.29 bits per heavy atom. The highest BCUT2D eigenvalue weighted by Crippen LogP contribution is 2.33. The predicted octanol–water partition coefficient (Wildman–Crippen LogP) is 4.91. The van der Waals surface area contributed by atoms with Gasteiger partial charge in [0.2, 0.25) is 0 Å². The molecule has 0 saturated heterocycles. The van der Waals surface area contributed by atoms with Crippen molar-refractivity contribution in [3.05, 3.63) is 52.4 Å². The average Bonchev–Trinajstić information content (AvgIpc) is 2.38. The summed E-state index contributed by atoms with van der Waals surface area (Å²) in [5, 5.41) is 1.63. The number of hydrogen-bond donors (Lipinski definition) is 1. The molecule has 0 fully saturated rings. The molecule has 0 aliphatic rings. The summed E-state index contributed by atoms with van der Waals surface area (Å²) in [7, 11) is 0. The van der Waals surface area contributed by atoms with Crippen LogP contribution in [0, 0.1) is 17.5 Å². The number of alkyl halides is 3. The van der Waals surface area contributed by atoms with Crippen LogP contribution in [0.1, 0.15) is 5.56 Å². The van der Waals surface area contributed by atoms with Crippen LogP contribution in [0.2, 0.25) is 5.15 Å². The smallest absolute Gasteiger partial charge is 0.338 e. The van der Waals surface area contributed by atoms with Gasteiger partial charge in [-0.1, -0.05) is 11.6 Å². The number of hydrogen-bond acceptors (Lipinski definition) is 2. The highest BCUT2D eigenvalue weighted by Gasteiger charge is 2.31. The lowest BCUT2D eigenvalue weighted by Crippen LogP contribution is -2.07. The third-order valence-corrected chi connectivity index (χ3v) is 2.61. The first-order chi connectivity index (χ1) is 9.68. The Balaban J connectivity index is 2.41. The Bertz CT molecular complexity index is 686. The molecule has 0 amide bonds. The van der Waals surface area contributed by atoms with E-state index in [9.17, 15) is 26.3 Å². The van der Waals surface area contributed by atoms with Crippen molar-refractivity contribution >= 4 is 23.1 Å². The van der Waals surface area contributed by atoms with Crippen molar-refractivity contribution in [1.29, 1.82) is 0 Å². The number of benzene rings is 1. The van der Waals surface area contributed by atoms with Crippen molar-refractivity contribution in [2.24, 2.45) is 0 Å². The van der Waals surface area contributed by atoms with E-state index in [0.717, 1.165) is 6.07 Å². The highest BCUT2D eigenvalue weighted by atomic mass is 35.5. The second-order valence-corrected chi connectivity index (χ2v) is 4.30. The van der Waals surface area contributed by atoms with E-state index >= 15 is 0 Å². The number of halogens is 7. The van der Waals surface area contributed by atoms with Gasteiger partial charge in [-0.05, 0) is 24.3 Å². The second-order valence-electron chi connectivity index (χ2n) is 3.91. The van der Waals surface area contributed by atoms with Gasteiger partial charge >= 0.3 is 6.18 Å². The van der Waals surface area contributed by atoms with Gasteiger partial charge < -0.3 is 5.32 Å². The van der Waals surface area contributed by atoms with E-state index in [-0.39, 0.29) is 0 Å². The molecule has 0 aliphatic heterocycles. The van der Waals surface area contributed by atoms with Crippen LogP contribution in [0.25, 0.3) is 0 Å². The molecule has 112 valence electrons. The molecule has 0 spiro atoms. The monoisotopic (exact) mass is 326 g/mol. The van der Waals surface area contributed by atoms with Crippen molar-refractivity contribution in [3.8, 4) is 0 Å². The topological polar surface area (TPSA) is 24.9 Å². The van der Waals surface area contributed by atoms with Crippen molar-refractivity contribution < 1.29 is 26.3 Å².